The molecule has 0 radical (unpaired) electrons. The maximum Gasteiger partial charge on any atom is 0.243 e. The summed E-state index contributed by atoms with van der Waals surface area (Å²) in [4.78, 5) is 12.1. The van der Waals surface area contributed by atoms with E-state index in [1.165, 1.54) is 33.3 Å². The van der Waals surface area contributed by atoms with E-state index in [0.717, 1.165) is 11.1 Å². The van der Waals surface area contributed by atoms with Crippen molar-refractivity contribution >= 4 is 11.8 Å². The van der Waals surface area contributed by atoms with Gasteiger partial charge in [0, 0.05) is 18.1 Å². The number of rotatable bonds is 5. The summed E-state index contributed by atoms with van der Waals surface area (Å²) < 4.78 is 22.2. The highest BCUT2D eigenvalue weighted by Gasteiger charge is 2.34. The van der Waals surface area contributed by atoms with E-state index >= 15 is 0 Å². The van der Waals surface area contributed by atoms with Gasteiger partial charge in [0.1, 0.15) is 0 Å². The van der Waals surface area contributed by atoms with Crippen molar-refractivity contribution in [2.75, 3.05) is 21.3 Å². The van der Waals surface area contributed by atoms with Gasteiger partial charge in [0.2, 0.25) is 23.8 Å². The van der Waals surface area contributed by atoms with Gasteiger partial charge >= 0.3 is 0 Å². The van der Waals surface area contributed by atoms with Crippen molar-refractivity contribution in [2.45, 2.75) is 20.1 Å². The van der Waals surface area contributed by atoms with Gasteiger partial charge in [-0.1, -0.05) is 17.7 Å². The lowest BCUT2D eigenvalue weighted by atomic mass is 10.1. The molecule has 0 bridgehead atoms. The minimum Gasteiger partial charge on any atom is -0.493 e. The van der Waals surface area contributed by atoms with Crippen LogP contribution in [0.5, 0.6) is 17.2 Å². The molecule has 1 atom stereocenters. The van der Waals surface area contributed by atoms with Crippen molar-refractivity contribution in [3.05, 3.63) is 53.1 Å². The second-order valence-electron chi connectivity index (χ2n) is 6.06. The van der Waals surface area contributed by atoms with Gasteiger partial charge in [-0.15, -0.1) is 5.10 Å². The fourth-order valence-electron chi connectivity index (χ4n) is 2.84. The first-order chi connectivity index (χ1) is 13.0. The molecule has 142 valence electrons. The molecule has 3 rings (SSSR count). The van der Waals surface area contributed by atoms with Gasteiger partial charge in [-0.2, -0.15) is 5.01 Å². The molecule has 7 nitrogen and oxygen atoms in total. The minimum absolute atomic E-state index is 0.240. The van der Waals surface area contributed by atoms with Gasteiger partial charge in [0.15, 0.2) is 11.5 Å². The summed E-state index contributed by atoms with van der Waals surface area (Å²) in [5, 5.41) is 5.67. The number of carbonyl (C=O) groups is 1. The van der Waals surface area contributed by atoms with Gasteiger partial charge in [-0.25, -0.2) is 0 Å². The topological polar surface area (TPSA) is 69.6 Å². The van der Waals surface area contributed by atoms with Crippen LogP contribution in [0, 0.1) is 6.92 Å². The van der Waals surface area contributed by atoms with Gasteiger partial charge in [0.25, 0.3) is 0 Å². The highest BCUT2D eigenvalue weighted by atomic mass is 16.5. The van der Waals surface area contributed by atoms with Gasteiger partial charge in [-0.05, 0) is 31.2 Å². The second kappa shape index (κ2) is 7.57. The van der Waals surface area contributed by atoms with E-state index in [9.17, 15) is 4.79 Å². The van der Waals surface area contributed by atoms with Crippen LogP contribution >= 0.6 is 0 Å². The van der Waals surface area contributed by atoms with Crippen molar-refractivity contribution < 1.29 is 23.7 Å². The third kappa shape index (κ3) is 3.53. The Hall–Kier alpha value is -3.22. The monoisotopic (exact) mass is 370 g/mol. The maximum atomic E-state index is 12.1. The van der Waals surface area contributed by atoms with Gasteiger partial charge < -0.3 is 18.9 Å². The Kier molecular flexibility index (Phi) is 5.21. The Morgan fingerprint density at radius 2 is 1.63 bits per heavy atom. The minimum atomic E-state index is -0.729. The molecule has 1 heterocycles. The van der Waals surface area contributed by atoms with E-state index in [2.05, 4.69) is 5.10 Å². The molecule has 7 heteroatoms. The van der Waals surface area contributed by atoms with Crippen molar-refractivity contribution in [3.8, 4) is 17.2 Å². The Balaban J connectivity index is 2.01. The molecule has 0 saturated carbocycles. The highest BCUT2D eigenvalue weighted by molar-refractivity contribution is 5.96. The number of benzene rings is 2. The number of amides is 1. The number of carbonyl (C=O) groups excluding carboxylic acids is 1. The summed E-state index contributed by atoms with van der Waals surface area (Å²) in [5.74, 6) is 1.56. The van der Waals surface area contributed by atoms with Crippen LogP contribution < -0.4 is 14.2 Å². The quantitative estimate of drug-likeness (QED) is 0.808. The summed E-state index contributed by atoms with van der Waals surface area (Å²) in [6.07, 6.45) is -0.729. The molecule has 27 heavy (non-hydrogen) atoms. The summed E-state index contributed by atoms with van der Waals surface area (Å²) in [5.41, 5.74) is 2.58. The zero-order valence-corrected chi connectivity index (χ0v) is 16.0. The second-order valence-corrected chi connectivity index (χ2v) is 6.06. The van der Waals surface area contributed by atoms with Crippen molar-refractivity contribution in [1.82, 2.24) is 5.01 Å². The molecule has 1 aliphatic heterocycles. The molecule has 0 N–H and O–H groups in total. The molecule has 2 aromatic rings. The number of aryl methyl sites for hydroxylation is 1. The lowest BCUT2D eigenvalue weighted by Crippen LogP contribution is -2.25. The molecule has 0 aliphatic carbocycles. The normalized spacial score (nSPS) is 15.8. The zero-order chi connectivity index (χ0) is 19.6. The average molecular weight is 370 g/mol. The summed E-state index contributed by atoms with van der Waals surface area (Å²) >= 11 is 0. The molecule has 1 amide bonds. The van der Waals surface area contributed by atoms with Crippen LogP contribution in [0.4, 0.5) is 0 Å². The number of ether oxygens (including phenoxy) is 4. The number of hydrogen-bond donors (Lipinski definition) is 0. The van der Waals surface area contributed by atoms with E-state index in [-0.39, 0.29) is 5.91 Å². The number of hydrogen-bond acceptors (Lipinski definition) is 6. The Bertz CT molecular complexity index is 851. The first-order valence-corrected chi connectivity index (χ1v) is 8.40. The lowest BCUT2D eigenvalue weighted by Gasteiger charge is -2.21. The van der Waals surface area contributed by atoms with E-state index in [1.54, 1.807) is 12.1 Å². The lowest BCUT2D eigenvalue weighted by molar-refractivity contribution is -0.135. The summed E-state index contributed by atoms with van der Waals surface area (Å²) in [6.45, 7) is 3.44. The van der Waals surface area contributed by atoms with Crippen LogP contribution in [-0.2, 0) is 9.53 Å². The van der Waals surface area contributed by atoms with E-state index in [4.69, 9.17) is 18.9 Å². The number of hydrazone groups is 1. The smallest absolute Gasteiger partial charge is 0.243 e. The van der Waals surface area contributed by atoms with Gasteiger partial charge in [0.05, 0.1) is 21.3 Å². The van der Waals surface area contributed by atoms with Gasteiger partial charge in [-0.3, -0.25) is 4.79 Å². The first kappa shape index (κ1) is 18.6. The SMILES string of the molecule is COc1cc([C@@H]2OC(c3ccc(C)cc3)=NN2C(C)=O)cc(OC)c1OC. The zero-order valence-electron chi connectivity index (χ0n) is 16.0. The van der Waals surface area contributed by atoms with Crippen LogP contribution in [0.15, 0.2) is 41.5 Å². The van der Waals surface area contributed by atoms with Crippen LogP contribution in [0.2, 0.25) is 0 Å². The van der Waals surface area contributed by atoms with Crippen LogP contribution in [0.3, 0.4) is 0 Å². The standard InChI is InChI=1S/C20H22N2O5/c1-12-6-8-14(9-7-12)19-21-22(13(2)23)20(27-19)15-10-16(24-3)18(26-5)17(11-15)25-4/h6-11,20H,1-5H3/t20-/m0/s1. The molecular formula is C20H22N2O5. The first-order valence-electron chi connectivity index (χ1n) is 8.40. The molecule has 0 saturated heterocycles. The van der Waals surface area contributed by atoms with Crippen LogP contribution in [0.25, 0.3) is 0 Å². The molecule has 0 unspecified atom stereocenters. The van der Waals surface area contributed by atoms with Crippen molar-refractivity contribution in [3.63, 3.8) is 0 Å². The third-order valence-electron chi connectivity index (χ3n) is 4.24. The van der Waals surface area contributed by atoms with E-state index < -0.39 is 6.23 Å². The van der Waals surface area contributed by atoms with Crippen molar-refractivity contribution in [1.29, 1.82) is 0 Å². The average Bonchev–Trinajstić information content (AvgIpc) is 3.13. The largest absolute Gasteiger partial charge is 0.493 e. The predicted octanol–water partition coefficient (Wildman–Crippen LogP) is 3.26. The Morgan fingerprint density at radius 3 is 2.11 bits per heavy atom. The number of nitrogens with zero attached hydrogens (tertiary/aromatic N) is 2. The molecule has 2 aromatic carbocycles. The van der Waals surface area contributed by atoms with E-state index in [1.807, 2.05) is 31.2 Å². The van der Waals surface area contributed by atoms with Crippen molar-refractivity contribution in [2.24, 2.45) is 5.10 Å². The summed E-state index contributed by atoms with van der Waals surface area (Å²) in [7, 11) is 4.60. The molecular weight excluding hydrogens is 348 g/mol. The summed E-state index contributed by atoms with van der Waals surface area (Å²) in [6, 6.07) is 11.2. The molecule has 0 fully saturated rings. The third-order valence-corrected chi connectivity index (χ3v) is 4.24. The molecule has 0 aromatic heterocycles. The highest BCUT2D eigenvalue weighted by Crippen LogP contribution is 2.42. The fourth-order valence-corrected chi connectivity index (χ4v) is 2.84. The maximum absolute atomic E-state index is 12.1. The molecule has 0 spiro atoms. The molecule has 1 aliphatic rings. The van der Waals surface area contributed by atoms with Crippen LogP contribution in [0.1, 0.15) is 29.8 Å². The number of methoxy groups -OCH3 is 3. The predicted molar refractivity (Wildman–Crippen MR) is 100 cm³/mol. The fraction of sp³-hybridized carbons (Fsp3) is 0.300. The van der Waals surface area contributed by atoms with E-state index in [0.29, 0.717) is 28.7 Å². The Morgan fingerprint density at radius 1 is 1.04 bits per heavy atom. The van der Waals surface area contributed by atoms with Crippen LogP contribution in [-0.4, -0.2) is 38.1 Å². The Labute approximate surface area is 158 Å².